The zero-order chi connectivity index (χ0) is 16.3. The van der Waals surface area contributed by atoms with Gasteiger partial charge in [0.25, 0.3) is 0 Å². The molecule has 5 nitrogen and oxygen atoms in total. The number of ether oxygens (including phenoxy) is 1. The summed E-state index contributed by atoms with van der Waals surface area (Å²) in [6.45, 7) is 11.6. The SMILES string of the molecule is COCc1cc(NCc2nc(C)sc2C)nc(C(C)(C)C)n1. The van der Waals surface area contributed by atoms with Crippen LogP contribution in [-0.4, -0.2) is 22.1 Å². The zero-order valence-electron chi connectivity index (χ0n) is 14.1. The highest BCUT2D eigenvalue weighted by Crippen LogP contribution is 2.22. The van der Waals surface area contributed by atoms with Gasteiger partial charge >= 0.3 is 0 Å². The van der Waals surface area contributed by atoms with Gasteiger partial charge in [0, 0.05) is 23.5 Å². The Hall–Kier alpha value is -1.53. The van der Waals surface area contributed by atoms with Crippen LogP contribution in [0.3, 0.4) is 0 Å². The lowest BCUT2D eigenvalue weighted by Crippen LogP contribution is -2.18. The van der Waals surface area contributed by atoms with Gasteiger partial charge in [0.2, 0.25) is 0 Å². The summed E-state index contributed by atoms with van der Waals surface area (Å²) in [6.07, 6.45) is 0. The number of anilines is 1. The largest absolute Gasteiger partial charge is 0.378 e. The van der Waals surface area contributed by atoms with E-state index in [1.807, 2.05) is 13.0 Å². The van der Waals surface area contributed by atoms with Crippen LogP contribution in [-0.2, 0) is 23.3 Å². The number of nitrogens with one attached hydrogen (secondary N) is 1. The lowest BCUT2D eigenvalue weighted by Gasteiger charge is -2.18. The van der Waals surface area contributed by atoms with Crippen molar-refractivity contribution in [3.63, 3.8) is 0 Å². The van der Waals surface area contributed by atoms with Crippen LogP contribution < -0.4 is 5.32 Å². The molecule has 2 aromatic rings. The number of hydrogen-bond acceptors (Lipinski definition) is 6. The van der Waals surface area contributed by atoms with Gasteiger partial charge in [0.1, 0.15) is 11.6 Å². The standard InChI is InChI=1S/C16H24N4OS/c1-10-13(18-11(2)22-10)8-17-14-7-12(9-21-6)19-15(20-14)16(3,4)5/h7H,8-9H2,1-6H3,(H,17,19,20). The van der Waals surface area contributed by atoms with E-state index in [4.69, 9.17) is 4.74 Å². The molecular weight excluding hydrogens is 296 g/mol. The molecule has 0 bridgehead atoms. The molecule has 0 radical (unpaired) electrons. The molecule has 2 aromatic heterocycles. The summed E-state index contributed by atoms with van der Waals surface area (Å²) in [7, 11) is 1.67. The molecule has 0 saturated carbocycles. The monoisotopic (exact) mass is 320 g/mol. The van der Waals surface area contributed by atoms with E-state index >= 15 is 0 Å². The van der Waals surface area contributed by atoms with E-state index in [1.165, 1.54) is 4.88 Å². The number of methoxy groups -OCH3 is 1. The lowest BCUT2D eigenvalue weighted by molar-refractivity contribution is 0.181. The minimum absolute atomic E-state index is 0.104. The van der Waals surface area contributed by atoms with Crippen molar-refractivity contribution in [1.29, 1.82) is 0 Å². The number of rotatable bonds is 5. The van der Waals surface area contributed by atoms with Crippen LogP contribution in [0.2, 0.25) is 0 Å². The van der Waals surface area contributed by atoms with Crippen LogP contribution in [0.15, 0.2) is 6.07 Å². The average Bonchev–Trinajstić information content (AvgIpc) is 2.74. The molecule has 0 saturated heterocycles. The Labute approximate surface area is 136 Å². The molecule has 0 fully saturated rings. The van der Waals surface area contributed by atoms with E-state index in [1.54, 1.807) is 18.4 Å². The first-order chi connectivity index (χ1) is 10.3. The maximum absolute atomic E-state index is 5.21. The third-order valence-corrected chi connectivity index (χ3v) is 4.11. The van der Waals surface area contributed by atoms with Gasteiger partial charge < -0.3 is 10.1 Å². The minimum atomic E-state index is -0.104. The van der Waals surface area contributed by atoms with E-state index in [0.717, 1.165) is 28.0 Å². The second-order valence-electron chi connectivity index (χ2n) is 6.34. The summed E-state index contributed by atoms with van der Waals surface area (Å²) in [6, 6.07) is 1.94. The molecule has 0 amide bonds. The van der Waals surface area contributed by atoms with Crippen molar-refractivity contribution in [3.05, 3.63) is 33.2 Å². The lowest BCUT2D eigenvalue weighted by atomic mass is 9.95. The number of thiazole rings is 1. The summed E-state index contributed by atoms with van der Waals surface area (Å²) in [5.74, 6) is 1.63. The van der Waals surface area contributed by atoms with Gasteiger partial charge in [-0.05, 0) is 13.8 Å². The van der Waals surface area contributed by atoms with Crippen LogP contribution in [0.1, 0.15) is 47.9 Å². The first-order valence-corrected chi connectivity index (χ1v) is 8.15. The number of aryl methyl sites for hydroxylation is 2. The first kappa shape index (κ1) is 16.8. The van der Waals surface area contributed by atoms with Gasteiger partial charge in [-0.25, -0.2) is 15.0 Å². The van der Waals surface area contributed by atoms with Gasteiger partial charge in [-0.3, -0.25) is 0 Å². The predicted molar refractivity (Wildman–Crippen MR) is 90.4 cm³/mol. The first-order valence-electron chi connectivity index (χ1n) is 7.33. The van der Waals surface area contributed by atoms with Gasteiger partial charge in [0.05, 0.1) is 29.5 Å². The van der Waals surface area contributed by atoms with Gasteiger partial charge in [0.15, 0.2) is 0 Å². The molecule has 2 rings (SSSR count). The van der Waals surface area contributed by atoms with Crippen molar-refractivity contribution >= 4 is 17.2 Å². The smallest absolute Gasteiger partial charge is 0.136 e. The Bertz CT molecular complexity index is 646. The molecule has 22 heavy (non-hydrogen) atoms. The normalized spacial score (nSPS) is 11.7. The molecule has 0 unspecified atom stereocenters. The van der Waals surface area contributed by atoms with Crippen molar-refractivity contribution in [2.45, 2.75) is 53.2 Å². The Balaban J connectivity index is 2.22. The molecule has 0 aromatic carbocycles. The molecular formula is C16H24N4OS. The summed E-state index contributed by atoms with van der Waals surface area (Å²) in [5, 5.41) is 4.45. The van der Waals surface area contributed by atoms with Crippen molar-refractivity contribution in [1.82, 2.24) is 15.0 Å². The molecule has 0 atom stereocenters. The number of aromatic nitrogens is 3. The van der Waals surface area contributed by atoms with Crippen molar-refractivity contribution < 1.29 is 4.74 Å². The molecule has 0 spiro atoms. The highest BCUT2D eigenvalue weighted by molar-refractivity contribution is 7.11. The molecule has 1 N–H and O–H groups in total. The summed E-state index contributed by atoms with van der Waals surface area (Å²) in [5.41, 5.74) is 1.86. The number of hydrogen-bond donors (Lipinski definition) is 1. The van der Waals surface area contributed by atoms with Crippen molar-refractivity contribution in [2.75, 3.05) is 12.4 Å². The Morgan fingerprint density at radius 3 is 2.45 bits per heavy atom. The zero-order valence-corrected chi connectivity index (χ0v) is 15.0. The minimum Gasteiger partial charge on any atom is -0.378 e. The van der Waals surface area contributed by atoms with E-state index in [-0.39, 0.29) is 5.41 Å². The Kier molecular flexibility index (Phi) is 5.13. The Morgan fingerprint density at radius 1 is 1.18 bits per heavy atom. The fourth-order valence-corrected chi connectivity index (χ4v) is 2.89. The second-order valence-corrected chi connectivity index (χ2v) is 7.75. The molecule has 120 valence electrons. The van der Waals surface area contributed by atoms with E-state index < -0.39 is 0 Å². The topological polar surface area (TPSA) is 59.9 Å². The second kappa shape index (κ2) is 6.71. The average molecular weight is 320 g/mol. The summed E-state index contributed by atoms with van der Waals surface area (Å²) in [4.78, 5) is 15.0. The molecule has 0 aliphatic carbocycles. The van der Waals surface area contributed by atoms with Crippen LogP contribution in [0, 0.1) is 13.8 Å². The van der Waals surface area contributed by atoms with Gasteiger partial charge in [-0.2, -0.15) is 0 Å². The highest BCUT2D eigenvalue weighted by atomic mass is 32.1. The van der Waals surface area contributed by atoms with E-state index in [9.17, 15) is 0 Å². The van der Waals surface area contributed by atoms with Crippen LogP contribution in [0.25, 0.3) is 0 Å². The van der Waals surface area contributed by atoms with Crippen LogP contribution >= 0.6 is 11.3 Å². The summed E-state index contributed by atoms with van der Waals surface area (Å²) >= 11 is 1.72. The fourth-order valence-electron chi connectivity index (χ4n) is 2.06. The van der Waals surface area contributed by atoms with Crippen LogP contribution in [0.4, 0.5) is 5.82 Å². The summed E-state index contributed by atoms with van der Waals surface area (Å²) < 4.78 is 5.21. The van der Waals surface area contributed by atoms with Crippen molar-refractivity contribution in [2.24, 2.45) is 0 Å². The molecule has 0 aliphatic rings. The molecule has 6 heteroatoms. The van der Waals surface area contributed by atoms with Crippen LogP contribution in [0.5, 0.6) is 0 Å². The highest BCUT2D eigenvalue weighted by Gasteiger charge is 2.19. The maximum atomic E-state index is 5.21. The fraction of sp³-hybridized carbons (Fsp3) is 0.562. The van der Waals surface area contributed by atoms with Gasteiger partial charge in [-0.1, -0.05) is 20.8 Å². The van der Waals surface area contributed by atoms with Gasteiger partial charge in [-0.15, -0.1) is 11.3 Å². The van der Waals surface area contributed by atoms with E-state index in [0.29, 0.717) is 13.2 Å². The molecule has 2 heterocycles. The predicted octanol–water partition coefficient (Wildman–Crippen LogP) is 3.61. The third-order valence-electron chi connectivity index (χ3n) is 3.18. The molecule has 0 aliphatic heterocycles. The van der Waals surface area contributed by atoms with Crippen molar-refractivity contribution in [3.8, 4) is 0 Å². The third kappa shape index (κ3) is 4.24. The van der Waals surface area contributed by atoms with E-state index in [2.05, 4.69) is 48.0 Å². The number of nitrogens with zero attached hydrogens (tertiary/aromatic N) is 3. The quantitative estimate of drug-likeness (QED) is 0.912. The maximum Gasteiger partial charge on any atom is 0.136 e. The Morgan fingerprint density at radius 2 is 1.91 bits per heavy atom.